The van der Waals surface area contributed by atoms with Gasteiger partial charge >= 0.3 is 5.97 Å². The molecule has 1 atom stereocenters. The number of hydrogen-bond acceptors (Lipinski definition) is 6. The Labute approximate surface area is 228 Å². The molecular formula is C29H28BrN3O5. The molecular weight excluding hydrogens is 550 g/mol. The number of benzene rings is 3. The lowest BCUT2D eigenvalue weighted by Crippen LogP contribution is -2.23. The summed E-state index contributed by atoms with van der Waals surface area (Å²) < 4.78 is 13.9. The summed E-state index contributed by atoms with van der Waals surface area (Å²) >= 11 is 3.43. The number of carboxylic acids is 1. The molecule has 4 aromatic rings. The summed E-state index contributed by atoms with van der Waals surface area (Å²) in [7, 11) is 0. The van der Waals surface area contributed by atoms with Gasteiger partial charge in [-0.1, -0.05) is 41.9 Å². The van der Waals surface area contributed by atoms with Gasteiger partial charge < -0.3 is 14.6 Å². The Kier molecular flexibility index (Phi) is 8.58. The van der Waals surface area contributed by atoms with Crippen molar-refractivity contribution < 1.29 is 19.4 Å². The van der Waals surface area contributed by atoms with Gasteiger partial charge in [-0.25, -0.2) is 9.78 Å². The van der Waals surface area contributed by atoms with Crippen LogP contribution in [-0.4, -0.2) is 33.6 Å². The molecule has 196 valence electrons. The third-order valence-corrected chi connectivity index (χ3v) is 6.56. The van der Waals surface area contributed by atoms with Gasteiger partial charge in [0.25, 0.3) is 5.56 Å². The summed E-state index contributed by atoms with van der Waals surface area (Å²) in [5, 5.41) is 14.1. The number of ether oxygens (including phenoxy) is 2. The second-order valence-corrected chi connectivity index (χ2v) is 9.65. The molecule has 1 N–H and O–H groups in total. The molecule has 0 unspecified atom stereocenters. The van der Waals surface area contributed by atoms with Gasteiger partial charge in [-0.2, -0.15) is 9.78 Å². The number of rotatable bonds is 10. The lowest BCUT2D eigenvalue weighted by Gasteiger charge is -2.14. The van der Waals surface area contributed by atoms with Crippen LogP contribution in [0.25, 0.3) is 10.9 Å². The van der Waals surface area contributed by atoms with Gasteiger partial charge in [-0.05, 0) is 73.0 Å². The Morgan fingerprint density at radius 2 is 1.84 bits per heavy atom. The Bertz CT molecular complexity index is 1550. The molecule has 0 amide bonds. The SMILES string of the molecule is CCOc1cc(C=Nn2c([C@H](C)CC)nc3ccc(Br)cc3c2=O)ccc1OCc1ccc(C(=O)O)cc1. The van der Waals surface area contributed by atoms with Gasteiger partial charge in [-0.15, -0.1) is 0 Å². The first-order valence-corrected chi connectivity index (χ1v) is 13.1. The van der Waals surface area contributed by atoms with Crippen molar-refractivity contribution in [1.82, 2.24) is 9.66 Å². The van der Waals surface area contributed by atoms with E-state index in [1.807, 2.05) is 39.0 Å². The van der Waals surface area contributed by atoms with Gasteiger partial charge in [0.1, 0.15) is 12.4 Å². The van der Waals surface area contributed by atoms with Crippen LogP contribution in [0.1, 0.15) is 60.4 Å². The Balaban J connectivity index is 1.63. The molecule has 3 aromatic carbocycles. The highest BCUT2D eigenvalue weighted by Gasteiger charge is 2.16. The van der Waals surface area contributed by atoms with Crippen molar-refractivity contribution in [2.45, 2.75) is 39.7 Å². The zero-order chi connectivity index (χ0) is 27.2. The van der Waals surface area contributed by atoms with E-state index in [0.717, 1.165) is 22.0 Å². The number of nitrogens with zero attached hydrogens (tertiary/aromatic N) is 3. The Morgan fingerprint density at radius 1 is 1.08 bits per heavy atom. The molecule has 0 bridgehead atoms. The van der Waals surface area contributed by atoms with E-state index in [2.05, 4.69) is 21.0 Å². The summed E-state index contributed by atoms with van der Waals surface area (Å²) in [5.74, 6) is 0.739. The van der Waals surface area contributed by atoms with E-state index in [1.54, 1.807) is 48.7 Å². The molecule has 8 nitrogen and oxygen atoms in total. The van der Waals surface area contributed by atoms with Crippen LogP contribution in [0, 0.1) is 0 Å². The fourth-order valence-electron chi connectivity index (χ4n) is 3.80. The topological polar surface area (TPSA) is 103 Å². The average Bonchev–Trinajstić information content (AvgIpc) is 2.92. The number of carbonyl (C=O) groups is 1. The molecule has 4 rings (SSSR count). The molecule has 0 saturated heterocycles. The zero-order valence-corrected chi connectivity index (χ0v) is 22.9. The molecule has 0 aliphatic heterocycles. The summed E-state index contributed by atoms with van der Waals surface area (Å²) in [4.78, 5) is 29.2. The average molecular weight is 578 g/mol. The third kappa shape index (κ3) is 6.11. The molecule has 9 heteroatoms. The summed E-state index contributed by atoms with van der Waals surface area (Å²) in [5.41, 5.74) is 2.18. The van der Waals surface area contributed by atoms with Gasteiger partial charge in [0, 0.05) is 10.4 Å². The lowest BCUT2D eigenvalue weighted by atomic mass is 10.1. The van der Waals surface area contributed by atoms with E-state index in [9.17, 15) is 9.59 Å². The summed E-state index contributed by atoms with van der Waals surface area (Å²) in [6, 6.07) is 17.4. The molecule has 0 saturated carbocycles. The minimum absolute atomic E-state index is 0.0345. The van der Waals surface area contributed by atoms with Crippen LogP contribution in [0.4, 0.5) is 0 Å². The maximum Gasteiger partial charge on any atom is 0.335 e. The van der Waals surface area contributed by atoms with Crippen molar-refractivity contribution in [1.29, 1.82) is 0 Å². The van der Waals surface area contributed by atoms with Gasteiger partial charge in [0.15, 0.2) is 11.5 Å². The molecule has 0 aliphatic rings. The molecule has 0 fully saturated rings. The highest BCUT2D eigenvalue weighted by Crippen LogP contribution is 2.29. The van der Waals surface area contributed by atoms with Crippen molar-refractivity contribution in [3.63, 3.8) is 0 Å². The van der Waals surface area contributed by atoms with Gasteiger partial charge in [0.05, 0.1) is 29.3 Å². The van der Waals surface area contributed by atoms with Crippen LogP contribution in [0.3, 0.4) is 0 Å². The van der Waals surface area contributed by atoms with Gasteiger partial charge in [0.2, 0.25) is 0 Å². The fourth-order valence-corrected chi connectivity index (χ4v) is 4.16. The Hall–Kier alpha value is -3.98. The second-order valence-electron chi connectivity index (χ2n) is 8.73. The number of carboxylic acid groups (broad SMARTS) is 1. The predicted molar refractivity (Wildman–Crippen MR) is 151 cm³/mol. The van der Waals surface area contributed by atoms with E-state index in [0.29, 0.717) is 34.8 Å². The van der Waals surface area contributed by atoms with Crippen molar-refractivity contribution in [2.24, 2.45) is 5.10 Å². The largest absolute Gasteiger partial charge is 0.490 e. The van der Waals surface area contributed by atoms with Crippen LogP contribution >= 0.6 is 15.9 Å². The number of aromatic nitrogens is 2. The second kappa shape index (κ2) is 12.0. The van der Waals surface area contributed by atoms with Crippen LogP contribution in [0.5, 0.6) is 11.5 Å². The first kappa shape index (κ1) is 27.1. The van der Waals surface area contributed by atoms with Crippen molar-refractivity contribution >= 4 is 39.0 Å². The highest BCUT2D eigenvalue weighted by molar-refractivity contribution is 9.10. The lowest BCUT2D eigenvalue weighted by molar-refractivity contribution is 0.0697. The quantitative estimate of drug-likeness (QED) is 0.224. The maximum atomic E-state index is 13.4. The number of hydrogen-bond donors (Lipinski definition) is 1. The van der Waals surface area contributed by atoms with E-state index in [4.69, 9.17) is 19.6 Å². The number of fused-ring (bicyclic) bond motifs is 1. The minimum atomic E-state index is -0.973. The Morgan fingerprint density at radius 3 is 2.53 bits per heavy atom. The van der Waals surface area contributed by atoms with Crippen molar-refractivity contribution in [3.05, 3.63) is 98.0 Å². The number of halogens is 1. The maximum absolute atomic E-state index is 13.4. The first-order valence-electron chi connectivity index (χ1n) is 12.3. The molecule has 0 spiro atoms. The highest BCUT2D eigenvalue weighted by atomic mass is 79.9. The van der Waals surface area contributed by atoms with Crippen LogP contribution in [0.15, 0.2) is 75.0 Å². The summed E-state index contributed by atoms with van der Waals surface area (Å²) in [6.45, 7) is 6.63. The van der Waals surface area contributed by atoms with Crippen molar-refractivity contribution in [2.75, 3.05) is 6.61 Å². The zero-order valence-electron chi connectivity index (χ0n) is 21.3. The molecule has 0 radical (unpaired) electrons. The fraction of sp³-hybridized carbons (Fsp3) is 0.241. The molecule has 0 aliphatic carbocycles. The van der Waals surface area contributed by atoms with E-state index < -0.39 is 5.97 Å². The van der Waals surface area contributed by atoms with Gasteiger partial charge in [-0.3, -0.25) is 4.79 Å². The normalized spacial score (nSPS) is 12.1. The van der Waals surface area contributed by atoms with Crippen LogP contribution in [-0.2, 0) is 6.61 Å². The predicted octanol–water partition coefficient (Wildman–Crippen LogP) is 6.23. The van der Waals surface area contributed by atoms with E-state index >= 15 is 0 Å². The molecule has 1 heterocycles. The minimum Gasteiger partial charge on any atom is -0.490 e. The standard InChI is InChI=1S/C29H28BrN3O5/c1-4-18(3)27-32-24-12-11-22(30)15-23(24)28(34)33(27)31-16-20-8-13-25(26(14-20)37-5-2)38-17-19-6-9-21(10-7-19)29(35)36/h6-16,18H,4-5,17H2,1-3H3,(H,35,36)/t18-/m1/s1. The van der Waals surface area contributed by atoms with Crippen LogP contribution in [0.2, 0.25) is 0 Å². The molecule has 1 aromatic heterocycles. The monoisotopic (exact) mass is 577 g/mol. The van der Waals surface area contributed by atoms with Crippen molar-refractivity contribution in [3.8, 4) is 11.5 Å². The number of aromatic carboxylic acids is 1. The van der Waals surface area contributed by atoms with Crippen LogP contribution < -0.4 is 15.0 Å². The van der Waals surface area contributed by atoms with E-state index in [-0.39, 0.29) is 23.6 Å². The third-order valence-electron chi connectivity index (χ3n) is 6.07. The van der Waals surface area contributed by atoms with E-state index in [1.165, 1.54) is 4.68 Å². The molecule has 38 heavy (non-hydrogen) atoms. The smallest absolute Gasteiger partial charge is 0.335 e. The summed E-state index contributed by atoms with van der Waals surface area (Å²) in [6.07, 6.45) is 2.42. The first-order chi connectivity index (χ1) is 18.3.